The summed E-state index contributed by atoms with van der Waals surface area (Å²) < 4.78 is 34.8. The van der Waals surface area contributed by atoms with Gasteiger partial charge in [0.1, 0.15) is 0 Å². The molecule has 0 atom stereocenters. The number of nitrogens with one attached hydrogen (secondary N) is 1. The van der Waals surface area contributed by atoms with E-state index in [0.29, 0.717) is 5.92 Å². The number of halogens is 3. The summed E-state index contributed by atoms with van der Waals surface area (Å²) in [5, 5.41) is 2.46. The number of hydrogen-bond donors (Lipinski definition) is 1. The van der Waals surface area contributed by atoms with Crippen molar-refractivity contribution >= 4 is 0 Å². The van der Waals surface area contributed by atoms with Crippen molar-refractivity contribution in [2.75, 3.05) is 6.54 Å². The Hall–Kier alpha value is -0.250. The van der Waals surface area contributed by atoms with Gasteiger partial charge in [0.2, 0.25) is 0 Å². The van der Waals surface area contributed by atoms with Crippen molar-refractivity contribution in [3.63, 3.8) is 0 Å². The van der Waals surface area contributed by atoms with Crippen LogP contribution in [0.3, 0.4) is 0 Å². The van der Waals surface area contributed by atoms with Crippen LogP contribution in [0.5, 0.6) is 0 Å². The molecule has 11 heavy (non-hydrogen) atoms. The molecule has 1 N–H and O–H groups in total. The maximum Gasteiger partial charge on any atom is 0.401 e. The van der Waals surface area contributed by atoms with Gasteiger partial charge in [0.15, 0.2) is 0 Å². The predicted octanol–water partition coefficient (Wildman–Crippen LogP) is 1.94. The van der Waals surface area contributed by atoms with Crippen molar-refractivity contribution in [1.82, 2.24) is 5.32 Å². The molecule has 0 saturated heterocycles. The van der Waals surface area contributed by atoms with Gasteiger partial charge in [-0.3, -0.25) is 0 Å². The van der Waals surface area contributed by atoms with Crippen molar-refractivity contribution in [3.8, 4) is 0 Å². The van der Waals surface area contributed by atoms with Crippen molar-refractivity contribution in [1.29, 1.82) is 0 Å². The van der Waals surface area contributed by atoms with Crippen LogP contribution in [0.15, 0.2) is 0 Å². The first kappa shape index (κ1) is 8.84. The average molecular weight is 167 g/mol. The zero-order valence-corrected chi connectivity index (χ0v) is 6.41. The molecule has 0 aliphatic heterocycles. The largest absolute Gasteiger partial charge is 0.401 e. The van der Waals surface area contributed by atoms with Crippen LogP contribution in [-0.4, -0.2) is 18.8 Å². The molecule has 0 unspecified atom stereocenters. The minimum absolute atomic E-state index is 0.103. The Morgan fingerprint density at radius 1 is 1.36 bits per heavy atom. The first-order chi connectivity index (χ1) is 4.97. The third-order valence-electron chi connectivity index (χ3n) is 1.96. The summed E-state index contributed by atoms with van der Waals surface area (Å²) >= 11 is 0. The Kier molecular flexibility index (Phi) is 2.42. The summed E-state index contributed by atoms with van der Waals surface area (Å²) in [6.45, 7) is 1.20. The molecule has 1 aliphatic carbocycles. The smallest absolute Gasteiger partial charge is 0.306 e. The maximum atomic E-state index is 11.6. The second kappa shape index (κ2) is 3.01. The normalized spacial score (nSPS) is 31.6. The molecule has 0 amide bonds. The molecular formula is C7H12F3N. The molecule has 4 heteroatoms. The van der Waals surface area contributed by atoms with E-state index >= 15 is 0 Å². The first-order valence-corrected chi connectivity index (χ1v) is 3.77. The molecule has 0 radical (unpaired) electrons. The highest BCUT2D eigenvalue weighted by Gasteiger charge is 2.31. The molecule has 0 aromatic rings. The summed E-state index contributed by atoms with van der Waals surface area (Å²) in [5.74, 6) is 0.598. The number of hydrogen-bond acceptors (Lipinski definition) is 1. The number of alkyl halides is 3. The Bertz CT molecular complexity index is 126. The highest BCUT2D eigenvalue weighted by Crippen LogP contribution is 2.27. The quantitative estimate of drug-likeness (QED) is 0.662. The number of rotatable bonds is 2. The van der Waals surface area contributed by atoms with Crippen molar-refractivity contribution in [2.45, 2.75) is 32.0 Å². The molecule has 1 nitrogen and oxygen atoms in total. The van der Waals surface area contributed by atoms with Crippen LogP contribution in [0.1, 0.15) is 19.8 Å². The van der Waals surface area contributed by atoms with Crippen LogP contribution < -0.4 is 5.32 Å². The van der Waals surface area contributed by atoms with Crippen LogP contribution in [0.4, 0.5) is 13.2 Å². The highest BCUT2D eigenvalue weighted by molar-refractivity contribution is 4.82. The van der Waals surface area contributed by atoms with Gasteiger partial charge in [0.25, 0.3) is 0 Å². The van der Waals surface area contributed by atoms with Gasteiger partial charge in [0.05, 0.1) is 6.54 Å². The van der Waals surface area contributed by atoms with Crippen LogP contribution in [-0.2, 0) is 0 Å². The van der Waals surface area contributed by atoms with Gasteiger partial charge in [-0.25, -0.2) is 0 Å². The molecule has 0 bridgehead atoms. The molecule has 1 rings (SSSR count). The third kappa shape index (κ3) is 3.10. The lowest BCUT2D eigenvalue weighted by Crippen LogP contribution is -2.44. The SMILES string of the molecule is CC1CC(NCC(F)(F)F)C1. The molecule has 1 saturated carbocycles. The van der Waals surface area contributed by atoms with Crippen molar-refractivity contribution in [3.05, 3.63) is 0 Å². The Morgan fingerprint density at radius 2 is 1.91 bits per heavy atom. The Morgan fingerprint density at radius 3 is 2.27 bits per heavy atom. The summed E-state index contributed by atoms with van der Waals surface area (Å²) in [6.07, 6.45) is -2.29. The summed E-state index contributed by atoms with van der Waals surface area (Å²) in [5.41, 5.74) is 0. The second-order valence-corrected chi connectivity index (χ2v) is 3.27. The molecule has 1 fully saturated rings. The van der Waals surface area contributed by atoms with Crippen LogP contribution >= 0.6 is 0 Å². The van der Waals surface area contributed by atoms with E-state index < -0.39 is 12.7 Å². The van der Waals surface area contributed by atoms with E-state index in [2.05, 4.69) is 5.32 Å². The second-order valence-electron chi connectivity index (χ2n) is 3.27. The zero-order valence-electron chi connectivity index (χ0n) is 6.41. The molecule has 0 spiro atoms. The molecule has 0 aromatic heterocycles. The summed E-state index contributed by atoms with van der Waals surface area (Å²) in [6, 6.07) is 0.103. The van der Waals surface area contributed by atoms with Gasteiger partial charge >= 0.3 is 6.18 Å². The zero-order chi connectivity index (χ0) is 8.48. The van der Waals surface area contributed by atoms with E-state index in [1.165, 1.54) is 0 Å². The van der Waals surface area contributed by atoms with Gasteiger partial charge in [-0.2, -0.15) is 13.2 Å². The predicted molar refractivity (Wildman–Crippen MR) is 36.2 cm³/mol. The van der Waals surface area contributed by atoms with Gasteiger partial charge in [-0.1, -0.05) is 6.92 Å². The van der Waals surface area contributed by atoms with Gasteiger partial charge in [-0.15, -0.1) is 0 Å². The maximum absolute atomic E-state index is 11.6. The fourth-order valence-corrected chi connectivity index (χ4v) is 1.33. The lowest BCUT2D eigenvalue weighted by molar-refractivity contribution is -0.127. The van der Waals surface area contributed by atoms with Crippen LogP contribution in [0, 0.1) is 5.92 Å². The minimum Gasteiger partial charge on any atom is -0.306 e. The van der Waals surface area contributed by atoms with Gasteiger partial charge in [0, 0.05) is 6.04 Å². The molecule has 0 aromatic carbocycles. The molecule has 1 aliphatic rings. The van der Waals surface area contributed by atoms with Crippen molar-refractivity contribution in [2.24, 2.45) is 5.92 Å². The monoisotopic (exact) mass is 167 g/mol. The topological polar surface area (TPSA) is 12.0 Å². The van der Waals surface area contributed by atoms with Crippen LogP contribution in [0.25, 0.3) is 0 Å². The van der Waals surface area contributed by atoms with Gasteiger partial charge < -0.3 is 5.32 Å². The molecule has 0 heterocycles. The average Bonchev–Trinajstić information content (AvgIpc) is 1.75. The van der Waals surface area contributed by atoms with E-state index in [-0.39, 0.29) is 6.04 Å². The van der Waals surface area contributed by atoms with E-state index in [1.807, 2.05) is 6.92 Å². The third-order valence-corrected chi connectivity index (χ3v) is 1.96. The highest BCUT2D eigenvalue weighted by atomic mass is 19.4. The standard InChI is InChI=1S/C7H12F3N/c1-5-2-6(3-5)11-4-7(8,9)10/h5-6,11H,2-4H2,1H3. The fourth-order valence-electron chi connectivity index (χ4n) is 1.33. The first-order valence-electron chi connectivity index (χ1n) is 3.77. The molecule has 66 valence electrons. The van der Waals surface area contributed by atoms with E-state index in [9.17, 15) is 13.2 Å². The lowest BCUT2D eigenvalue weighted by atomic mass is 9.82. The summed E-state index contributed by atoms with van der Waals surface area (Å²) in [7, 11) is 0. The van der Waals surface area contributed by atoms with Crippen LogP contribution in [0.2, 0.25) is 0 Å². The van der Waals surface area contributed by atoms with E-state index in [1.54, 1.807) is 0 Å². The lowest BCUT2D eigenvalue weighted by Gasteiger charge is -2.33. The fraction of sp³-hybridized carbons (Fsp3) is 1.00. The van der Waals surface area contributed by atoms with E-state index in [0.717, 1.165) is 12.8 Å². The summed E-state index contributed by atoms with van der Waals surface area (Å²) in [4.78, 5) is 0. The minimum atomic E-state index is -4.06. The Labute approximate surface area is 64.0 Å². The van der Waals surface area contributed by atoms with Gasteiger partial charge in [-0.05, 0) is 18.8 Å². The van der Waals surface area contributed by atoms with E-state index in [4.69, 9.17) is 0 Å². The Balaban J connectivity index is 2.05. The molecular weight excluding hydrogens is 155 g/mol. The van der Waals surface area contributed by atoms with Crippen molar-refractivity contribution < 1.29 is 13.2 Å².